The Morgan fingerprint density at radius 1 is 1.00 bits per heavy atom. The Hall–Kier alpha value is -3.78. The molecule has 0 radical (unpaired) electrons. The SMILES string of the molecule is C=CCN(CC(=O)N(CCc1ccc(OC)c(OC)c1)Cc1ccc(C)s1)C(=O)Nc1ccccc1C. The number of benzene rings is 2. The zero-order valence-corrected chi connectivity index (χ0v) is 22.8. The molecule has 0 aliphatic carbocycles. The Labute approximate surface area is 223 Å². The van der Waals surface area contributed by atoms with Crippen LogP contribution in [0.1, 0.15) is 20.9 Å². The molecule has 0 bridgehead atoms. The molecule has 1 N–H and O–H groups in total. The molecule has 7 nitrogen and oxygen atoms in total. The van der Waals surface area contributed by atoms with E-state index in [1.165, 1.54) is 9.78 Å². The Kier molecular flexibility index (Phi) is 10.1. The van der Waals surface area contributed by atoms with E-state index in [-0.39, 0.29) is 25.0 Å². The van der Waals surface area contributed by atoms with Gasteiger partial charge < -0.3 is 24.6 Å². The van der Waals surface area contributed by atoms with Crippen LogP contribution in [0.15, 0.2) is 67.3 Å². The number of aryl methyl sites for hydroxylation is 2. The quantitative estimate of drug-likeness (QED) is 0.312. The van der Waals surface area contributed by atoms with Gasteiger partial charge in [-0.2, -0.15) is 0 Å². The summed E-state index contributed by atoms with van der Waals surface area (Å²) in [6.07, 6.45) is 2.26. The van der Waals surface area contributed by atoms with Crippen LogP contribution in [0.5, 0.6) is 11.5 Å². The van der Waals surface area contributed by atoms with E-state index in [4.69, 9.17) is 9.47 Å². The molecule has 3 aromatic rings. The van der Waals surface area contributed by atoms with Gasteiger partial charge in [0.05, 0.1) is 20.8 Å². The van der Waals surface area contributed by atoms with E-state index < -0.39 is 0 Å². The van der Waals surface area contributed by atoms with Gasteiger partial charge >= 0.3 is 6.03 Å². The summed E-state index contributed by atoms with van der Waals surface area (Å²) in [7, 11) is 3.21. The summed E-state index contributed by atoms with van der Waals surface area (Å²) in [4.78, 5) is 32.2. The third-order valence-corrected chi connectivity index (χ3v) is 6.95. The Morgan fingerprint density at radius 2 is 1.76 bits per heavy atom. The van der Waals surface area contributed by atoms with Crippen LogP contribution in [0.25, 0.3) is 0 Å². The standard InChI is InChI=1S/C29H35N3O4S/c1-6-16-32(29(34)30-25-10-8-7-9-21(25)2)20-28(33)31(19-24-13-11-22(3)37-24)17-15-23-12-14-26(35-4)27(18-23)36-5/h6-14,18H,1,15-17,19-20H2,2-5H3,(H,30,34). The topological polar surface area (TPSA) is 71.1 Å². The van der Waals surface area contributed by atoms with Gasteiger partial charge in [-0.1, -0.05) is 30.3 Å². The highest BCUT2D eigenvalue weighted by Crippen LogP contribution is 2.28. The van der Waals surface area contributed by atoms with Crippen LogP contribution in [0.2, 0.25) is 0 Å². The van der Waals surface area contributed by atoms with Gasteiger partial charge in [0, 0.05) is 28.5 Å². The van der Waals surface area contributed by atoms with Crippen molar-refractivity contribution in [3.8, 4) is 11.5 Å². The molecular formula is C29H35N3O4S. The van der Waals surface area contributed by atoms with Gasteiger partial charge in [0.25, 0.3) is 0 Å². The average Bonchev–Trinajstić information content (AvgIpc) is 3.31. The zero-order valence-electron chi connectivity index (χ0n) is 22.0. The van der Waals surface area contributed by atoms with Crippen molar-refractivity contribution < 1.29 is 19.1 Å². The Bertz CT molecular complexity index is 1220. The van der Waals surface area contributed by atoms with Gasteiger partial charge in [-0.05, 0) is 61.7 Å². The maximum atomic E-state index is 13.5. The summed E-state index contributed by atoms with van der Waals surface area (Å²) in [6, 6.07) is 17.1. The maximum absolute atomic E-state index is 13.5. The fourth-order valence-corrected chi connectivity index (χ4v) is 4.80. The fraction of sp³-hybridized carbons (Fsp3) is 0.310. The van der Waals surface area contributed by atoms with E-state index in [0.29, 0.717) is 36.7 Å². The largest absolute Gasteiger partial charge is 0.493 e. The molecule has 0 atom stereocenters. The lowest BCUT2D eigenvalue weighted by Gasteiger charge is -2.27. The number of methoxy groups -OCH3 is 2. The molecule has 8 heteroatoms. The van der Waals surface area contributed by atoms with E-state index in [1.54, 1.807) is 36.5 Å². The fourth-order valence-electron chi connectivity index (χ4n) is 3.90. The molecule has 0 unspecified atom stereocenters. The van der Waals surface area contributed by atoms with Gasteiger partial charge in [-0.15, -0.1) is 17.9 Å². The van der Waals surface area contributed by atoms with Crippen LogP contribution < -0.4 is 14.8 Å². The summed E-state index contributed by atoms with van der Waals surface area (Å²) >= 11 is 1.67. The first-order chi connectivity index (χ1) is 17.8. The number of nitrogens with one attached hydrogen (secondary N) is 1. The van der Waals surface area contributed by atoms with Crippen molar-refractivity contribution in [2.75, 3.05) is 39.2 Å². The van der Waals surface area contributed by atoms with Crippen molar-refractivity contribution in [2.45, 2.75) is 26.8 Å². The van der Waals surface area contributed by atoms with Crippen molar-refractivity contribution in [1.82, 2.24) is 9.80 Å². The number of carbonyl (C=O) groups is 2. The number of hydrogen-bond donors (Lipinski definition) is 1. The van der Waals surface area contributed by atoms with E-state index in [0.717, 1.165) is 16.0 Å². The lowest BCUT2D eigenvalue weighted by atomic mass is 10.1. The van der Waals surface area contributed by atoms with Gasteiger partial charge in [0.2, 0.25) is 5.91 Å². The maximum Gasteiger partial charge on any atom is 0.322 e. The number of thiophene rings is 1. The molecule has 3 amide bonds. The number of anilines is 1. The minimum atomic E-state index is -0.339. The number of para-hydroxylation sites is 1. The zero-order chi connectivity index (χ0) is 26.8. The Morgan fingerprint density at radius 3 is 2.41 bits per heavy atom. The van der Waals surface area contributed by atoms with Gasteiger partial charge in [0.1, 0.15) is 6.54 Å². The normalized spacial score (nSPS) is 10.5. The van der Waals surface area contributed by atoms with Crippen molar-refractivity contribution in [1.29, 1.82) is 0 Å². The number of hydrogen-bond acceptors (Lipinski definition) is 5. The molecule has 1 heterocycles. The summed E-state index contributed by atoms with van der Waals surface area (Å²) in [5, 5.41) is 2.92. The first-order valence-electron chi connectivity index (χ1n) is 12.1. The monoisotopic (exact) mass is 521 g/mol. The molecule has 0 spiro atoms. The molecule has 0 fully saturated rings. The summed E-state index contributed by atoms with van der Waals surface area (Å²) in [5.74, 6) is 1.18. The molecule has 0 saturated heterocycles. The molecular weight excluding hydrogens is 486 g/mol. The highest BCUT2D eigenvalue weighted by atomic mass is 32.1. The molecule has 1 aromatic heterocycles. The molecule has 0 aliphatic rings. The molecule has 0 aliphatic heterocycles. The third kappa shape index (κ3) is 7.85. The first kappa shape index (κ1) is 27.8. The second-order valence-corrected chi connectivity index (χ2v) is 10.1. The minimum absolute atomic E-state index is 0.0555. The van der Waals surface area contributed by atoms with Crippen LogP contribution in [0, 0.1) is 13.8 Å². The van der Waals surface area contributed by atoms with Gasteiger partial charge in [0.15, 0.2) is 11.5 Å². The van der Waals surface area contributed by atoms with Crippen molar-refractivity contribution in [2.24, 2.45) is 0 Å². The smallest absolute Gasteiger partial charge is 0.322 e. The highest BCUT2D eigenvalue weighted by molar-refractivity contribution is 7.11. The highest BCUT2D eigenvalue weighted by Gasteiger charge is 2.22. The molecule has 3 rings (SSSR count). The van der Waals surface area contributed by atoms with Crippen LogP contribution in [-0.2, 0) is 17.8 Å². The molecule has 0 saturated carbocycles. The van der Waals surface area contributed by atoms with Crippen LogP contribution in [0.3, 0.4) is 0 Å². The lowest BCUT2D eigenvalue weighted by molar-refractivity contribution is -0.132. The lowest BCUT2D eigenvalue weighted by Crippen LogP contribution is -2.44. The van der Waals surface area contributed by atoms with E-state index in [2.05, 4.69) is 18.0 Å². The van der Waals surface area contributed by atoms with Crippen LogP contribution in [0.4, 0.5) is 10.5 Å². The van der Waals surface area contributed by atoms with E-state index in [1.807, 2.05) is 62.4 Å². The second kappa shape index (κ2) is 13.5. The number of urea groups is 1. The van der Waals surface area contributed by atoms with Crippen molar-refractivity contribution in [3.63, 3.8) is 0 Å². The van der Waals surface area contributed by atoms with Gasteiger partial charge in [-0.3, -0.25) is 4.79 Å². The van der Waals surface area contributed by atoms with Crippen molar-refractivity contribution in [3.05, 3.63) is 88.1 Å². The van der Waals surface area contributed by atoms with Crippen LogP contribution in [-0.4, -0.2) is 55.6 Å². The number of rotatable bonds is 12. The summed E-state index contributed by atoms with van der Waals surface area (Å²) in [6.45, 7) is 8.92. The first-order valence-corrected chi connectivity index (χ1v) is 12.9. The third-order valence-electron chi connectivity index (χ3n) is 5.96. The number of carbonyl (C=O) groups excluding carboxylic acids is 2. The average molecular weight is 522 g/mol. The Balaban J connectivity index is 1.75. The summed E-state index contributed by atoms with van der Waals surface area (Å²) < 4.78 is 10.8. The second-order valence-electron chi connectivity index (χ2n) is 8.68. The molecule has 2 aromatic carbocycles. The summed E-state index contributed by atoms with van der Waals surface area (Å²) in [5.41, 5.74) is 2.69. The number of amides is 3. The minimum Gasteiger partial charge on any atom is -0.493 e. The predicted molar refractivity (Wildman–Crippen MR) is 150 cm³/mol. The molecule has 196 valence electrons. The predicted octanol–water partition coefficient (Wildman–Crippen LogP) is 5.67. The van der Waals surface area contributed by atoms with Gasteiger partial charge in [-0.25, -0.2) is 4.79 Å². The van der Waals surface area contributed by atoms with Crippen LogP contribution >= 0.6 is 11.3 Å². The molecule has 37 heavy (non-hydrogen) atoms. The van der Waals surface area contributed by atoms with Crippen molar-refractivity contribution >= 4 is 29.0 Å². The van der Waals surface area contributed by atoms with E-state index >= 15 is 0 Å². The van der Waals surface area contributed by atoms with E-state index in [9.17, 15) is 9.59 Å². The number of nitrogens with zero attached hydrogens (tertiary/aromatic N) is 2. The number of ether oxygens (including phenoxy) is 2.